The van der Waals surface area contributed by atoms with Crippen molar-refractivity contribution in [2.75, 3.05) is 5.73 Å². The van der Waals surface area contributed by atoms with Crippen LogP contribution in [0.25, 0.3) is 11.2 Å². The van der Waals surface area contributed by atoms with Crippen molar-refractivity contribution in [2.24, 2.45) is 0 Å². The number of terminal acetylenes is 2. The van der Waals surface area contributed by atoms with Gasteiger partial charge in [0.05, 0.1) is 18.8 Å². The number of nitrogens with zero attached hydrogens (tertiary/aromatic N) is 3. The monoisotopic (exact) mass is 359 g/mol. The summed E-state index contributed by atoms with van der Waals surface area (Å²) in [6.07, 6.45) is 6.46. The highest BCUT2D eigenvalue weighted by atomic mass is 16.5. The highest BCUT2D eigenvalue weighted by Gasteiger charge is 2.41. The lowest BCUT2D eigenvalue weighted by Crippen LogP contribution is -2.32. The SMILES string of the molecule is C#CCC(O)[C@@H]1C[C@@H](O)[C@H](n2c(=O)n(CC#C)c3c(=O)[nH]c(N)nc32)O1. The Labute approximate surface area is 147 Å². The first kappa shape index (κ1) is 17.8. The second-order valence-electron chi connectivity index (χ2n) is 5.91. The number of ether oxygens (including phenoxy) is 1. The smallest absolute Gasteiger partial charge is 0.333 e. The topological polar surface area (TPSA) is 148 Å². The molecule has 1 saturated heterocycles. The van der Waals surface area contributed by atoms with Crippen LogP contribution in [0.1, 0.15) is 19.1 Å². The summed E-state index contributed by atoms with van der Waals surface area (Å²) in [5.41, 5.74) is 4.11. The third kappa shape index (κ3) is 2.76. The second kappa shape index (κ2) is 6.69. The Morgan fingerprint density at radius 3 is 2.81 bits per heavy atom. The maximum atomic E-state index is 12.8. The van der Waals surface area contributed by atoms with Gasteiger partial charge in [0.25, 0.3) is 5.56 Å². The van der Waals surface area contributed by atoms with Gasteiger partial charge in [-0.3, -0.25) is 14.3 Å². The number of aromatic nitrogens is 4. The van der Waals surface area contributed by atoms with Crippen molar-refractivity contribution in [2.45, 2.75) is 43.9 Å². The summed E-state index contributed by atoms with van der Waals surface area (Å²) in [6.45, 7) is -0.178. The predicted molar refractivity (Wildman–Crippen MR) is 91.8 cm³/mol. The van der Waals surface area contributed by atoms with Crippen LogP contribution in [0.4, 0.5) is 5.95 Å². The molecular formula is C16H17N5O5. The Kier molecular flexibility index (Phi) is 4.57. The summed E-state index contributed by atoms with van der Waals surface area (Å²) in [5.74, 6) is 4.40. The fourth-order valence-electron chi connectivity index (χ4n) is 3.08. The fourth-order valence-corrected chi connectivity index (χ4v) is 3.08. The maximum Gasteiger partial charge on any atom is 0.333 e. The summed E-state index contributed by atoms with van der Waals surface area (Å²) in [5, 5.41) is 20.4. The Hall–Kier alpha value is -3.05. The molecule has 0 spiro atoms. The molecule has 10 heteroatoms. The van der Waals surface area contributed by atoms with E-state index in [9.17, 15) is 19.8 Å². The largest absolute Gasteiger partial charge is 0.389 e. The Balaban J connectivity index is 2.16. The minimum Gasteiger partial charge on any atom is -0.389 e. The van der Waals surface area contributed by atoms with E-state index in [1.807, 2.05) is 0 Å². The van der Waals surface area contributed by atoms with Crippen molar-refractivity contribution in [3.05, 3.63) is 20.8 Å². The summed E-state index contributed by atoms with van der Waals surface area (Å²) in [6, 6.07) is 0. The number of aliphatic hydroxyl groups is 2. The van der Waals surface area contributed by atoms with Gasteiger partial charge >= 0.3 is 5.69 Å². The normalized spacial score (nSPS) is 23.6. The third-order valence-electron chi connectivity index (χ3n) is 4.21. The van der Waals surface area contributed by atoms with Crippen LogP contribution in [0.5, 0.6) is 0 Å². The maximum absolute atomic E-state index is 12.8. The van der Waals surface area contributed by atoms with Gasteiger partial charge in [0, 0.05) is 12.8 Å². The Morgan fingerprint density at radius 2 is 2.15 bits per heavy atom. The van der Waals surface area contributed by atoms with Crippen LogP contribution in [0, 0.1) is 24.7 Å². The fraction of sp³-hybridized carbons (Fsp3) is 0.438. The molecule has 1 fully saturated rings. The number of rotatable bonds is 4. The van der Waals surface area contributed by atoms with E-state index >= 15 is 0 Å². The third-order valence-corrected chi connectivity index (χ3v) is 4.21. The van der Waals surface area contributed by atoms with Gasteiger partial charge in [0.1, 0.15) is 6.10 Å². The van der Waals surface area contributed by atoms with Crippen molar-refractivity contribution in [3.8, 4) is 24.7 Å². The molecule has 2 aromatic heterocycles. The van der Waals surface area contributed by atoms with Crippen LogP contribution < -0.4 is 17.0 Å². The molecule has 0 saturated carbocycles. The summed E-state index contributed by atoms with van der Waals surface area (Å²) >= 11 is 0. The number of nitrogens with two attached hydrogens (primary N) is 1. The molecule has 3 heterocycles. The zero-order valence-corrected chi connectivity index (χ0v) is 13.6. The van der Waals surface area contributed by atoms with Gasteiger partial charge in [0.15, 0.2) is 17.4 Å². The van der Waals surface area contributed by atoms with Crippen molar-refractivity contribution >= 4 is 17.1 Å². The molecule has 136 valence electrons. The second-order valence-corrected chi connectivity index (χ2v) is 5.91. The Morgan fingerprint density at radius 1 is 1.42 bits per heavy atom. The molecule has 0 bridgehead atoms. The molecule has 0 aliphatic carbocycles. The number of aromatic amines is 1. The van der Waals surface area contributed by atoms with Crippen LogP contribution in [-0.2, 0) is 11.3 Å². The summed E-state index contributed by atoms with van der Waals surface area (Å²) in [7, 11) is 0. The first-order chi connectivity index (χ1) is 12.4. The summed E-state index contributed by atoms with van der Waals surface area (Å²) in [4.78, 5) is 31.3. The number of fused-ring (bicyclic) bond motifs is 1. The van der Waals surface area contributed by atoms with E-state index < -0.39 is 35.8 Å². The van der Waals surface area contributed by atoms with Gasteiger partial charge in [-0.05, 0) is 0 Å². The zero-order valence-electron chi connectivity index (χ0n) is 13.6. The van der Waals surface area contributed by atoms with E-state index in [2.05, 4.69) is 21.8 Å². The number of aliphatic hydroxyl groups excluding tert-OH is 2. The average Bonchev–Trinajstić information content (AvgIpc) is 3.07. The number of hydrogen-bond acceptors (Lipinski definition) is 7. The van der Waals surface area contributed by atoms with Gasteiger partial charge in [-0.2, -0.15) is 4.98 Å². The number of imidazole rings is 1. The first-order valence-corrected chi connectivity index (χ1v) is 7.78. The molecule has 1 unspecified atom stereocenters. The van der Waals surface area contributed by atoms with Crippen molar-refractivity contribution < 1.29 is 14.9 Å². The molecule has 0 amide bonds. The van der Waals surface area contributed by atoms with Gasteiger partial charge < -0.3 is 20.7 Å². The number of H-pyrrole nitrogens is 1. The van der Waals surface area contributed by atoms with Gasteiger partial charge in [-0.15, -0.1) is 18.8 Å². The molecule has 5 N–H and O–H groups in total. The minimum absolute atomic E-state index is 0.0305. The minimum atomic E-state index is -1.17. The molecule has 1 aliphatic heterocycles. The number of hydrogen-bond donors (Lipinski definition) is 4. The highest BCUT2D eigenvalue weighted by Crippen LogP contribution is 2.32. The van der Waals surface area contributed by atoms with E-state index in [1.54, 1.807) is 0 Å². The average molecular weight is 359 g/mol. The Bertz CT molecular complexity index is 1040. The molecule has 26 heavy (non-hydrogen) atoms. The van der Waals surface area contributed by atoms with Gasteiger partial charge in [-0.25, -0.2) is 9.36 Å². The van der Waals surface area contributed by atoms with Crippen LogP contribution in [0.3, 0.4) is 0 Å². The van der Waals surface area contributed by atoms with Gasteiger partial charge in [0.2, 0.25) is 5.95 Å². The molecule has 10 nitrogen and oxygen atoms in total. The zero-order chi connectivity index (χ0) is 19.0. The molecule has 3 rings (SSSR count). The molecule has 0 radical (unpaired) electrons. The van der Waals surface area contributed by atoms with Crippen LogP contribution in [0.15, 0.2) is 9.59 Å². The van der Waals surface area contributed by atoms with Crippen molar-refractivity contribution in [3.63, 3.8) is 0 Å². The van der Waals surface area contributed by atoms with E-state index in [1.165, 1.54) is 0 Å². The number of nitrogen functional groups attached to an aromatic ring is 1. The number of anilines is 1. The van der Waals surface area contributed by atoms with E-state index in [4.69, 9.17) is 23.3 Å². The standard InChI is InChI=1S/C16H17N5O5/c1-3-5-8(22)10-7-9(23)14(26-10)21-12-11(13(24)19-15(17)18-12)20(6-4-2)16(21)25/h1-2,8-10,14,22-23H,5-7H2,(H3,17,18,19,24)/t8?,9-,10+,14-/m1/s1. The van der Waals surface area contributed by atoms with Crippen LogP contribution in [-0.4, -0.2) is 47.6 Å². The van der Waals surface area contributed by atoms with Crippen molar-refractivity contribution in [1.29, 1.82) is 0 Å². The van der Waals surface area contributed by atoms with E-state index in [0.29, 0.717) is 0 Å². The van der Waals surface area contributed by atoms with Crippen LogP contribution in [0.2, 0.25) is 0 Å². The molecule has 2 aromatic rings. The van der Waals surface area contributed by atoms with Crippen molar-refractivity contribution in [1.82, 2.24) is 19.1 Å². The highest BCUT2D eigenvalue weighted by molar-refractivity contribution is 5.72. The van der Waals surface area contributed by atoms with Crippen LogP contribution >= 0.6 is 0 Å². The van der Waals surface area contributed by atoms with E-state index in [-0.39, 0.29) is 36.5 Å². The number of nitrogens with one attached hydrogen (secondary N) is 1. The molecular weight excluding hydrogens is 342 g/mol. The molecule has 4 atom stereocenters. The molecule has 0 aromatic carbocycles. The van der Waals surface area contributed by atoms with Gasteiger partial charge in [-0.1, -0.05) is 5.92 Å². The lowest BCUT2D eigenvalue weighted by Gasteiger charge is -2.18. The quantitative estimate of drug-likeness (QED) is 0.468. The van der Waals surface area contributed by atoms with E-state index in [0.717, 1.165) is 9.13 Å². The summed E-state index contributed by atoms with van der Waals surface area (Å²) < 4.78 is 7.71. The molecule has 1 aliphatic rings. The lowest BCUT2D eigenvalue weighted by molar-refractivity contribution is -0.0740. The first-order valence-electron chi connectivity index (χ1n) is 7.78. The lowest BCUT2D eigenvalue weighted by atomic mass is 10.1. The predicted octanol–water partition coefficient (Wildman–Crippen LogP) is -1.87.